The highest BCUT2D eigenvalue weighted by Gasteiger charge is 2.15. The van der Waals surface area contributed by atoms with Gasteiger partial charge in [-0.2, -0.15) is 0 Å². The summed E-state index contributed by atoms with van der Waals surface area (Å²) in [5.74, 6) is -0.244. The van der Waals surface area contributed by atoms with Gasteiger partial charge in [0.25, 0.3) is 0 Å². The second kappa shape index (κ2) is 8.57. The van der Waals surface area contributed by atoms with Crippen molar-refractivity contribution < 1.29 is 28.9 Å². The fourth-order valence-corrected chi connectivity index (χ4v) is 2.32. The van der Waals surface area contributed by atoms with Crippen molar-refractivity contribution in [3.8, 4) is 17.2 Å². The van der Waals surface area contributed by atoms with Crippen molar-refractivity contribution in [3.05, 3.63) is 59.8 Å². The van der Waals surface area contributed by atoms with Gasteiger partial charge in [0.1, 0.15) is 0 Å². The Labute approximate surface area is 150 Å². The Morgan fingerprint density at radius 3 is 2.15 bits per heavy atom. The number of rotatable bonds is 8. The van der Waals surface area contributed by atoms with Gasteiger partial charge in [0, 0.05) is 17.8 Å². The average molecular weight is 357 g/mol. The molecule has 0 unspecified atom stereocenters. The summed E-state index contributed by atoms with van der Waals surface area (Å²) in [6.45, 7) is 0. The molecule has 26 heavy (non-hydrogen) atoms. The first kappa shape index (κ1) is 18.9. The third kappa shape index (κ3) is 4.13. The molecule has 0 aliphatic carbocycles. The topological polar surface area (TPSA) is 94.1 Å². The van der Waals surface area contributed by atoms with E-state index in [0.717, 1.165) is 0 Å². The van der Waals surface area contributed by atoms with Crippen molar-refractivity contribution in [2.45, 2.75) is 0 Å². The van der Waals surface area contributed by atoms with E-state index in [1.54, 1.807) is 30.3 Å². The molecule has 0 amide bonds. The van der Waals surface area contributed by atoms with Crippen LogP contribution in [0.15, 0.2) is 48.7 Å². The number of nitrogens with one attached hydrogen (secondary N) is 1. The monoisotopic (exact) mass is 357 g/mol. The summed E-state index contributed by atoms with van der Waals surface area (Å²) in [5, 5.41) is 12.0. The molecule has 0 saturated carbocycles. The Morgan fingerprint density at radius 1 is 1.00 bits per heavy atom. The summed E-state index contributed by atoms with van der Waals surface area (Å²) in [6, 6.07) is 9.48. The van der Waals surface area contributed by atoms with Crippen molar-refractivity contribution in [1.82, 2.24) is 0 Å². The van der Waals surface area contributed by atoms with Gasteiger partial charge in [-0.25, -0.2) is 4.79 Å². The van der Waals surface area contributed by atoms with Gasteiger partial charge in [-0.1, -0.05) is 12.1 Å². The van der Waals surface area contributed by atoms with E-state index in [1.807, 2.05) is 0 Å². The third-order valence-corrected chi connectivity index (χ3v) is 3.58. The van der Waals surface area contributed by atoms with Gasteiger partial charge in [-0.05, 0) is 24.3 Å². The fourth-order valence-electron chi connectivity index (χ4n) is 2.32. The van der Waals surface area contributed by atoms with E-state index in [1.165, 1.54) is 39.7 Å². The zero-order valence-electron chi connectivity index (χ0n) is 14.6. The highest BCUT2D eigenvalue weighted by molar-refractivity contribution is 6.05. The highest BCUT2D eigenvalue weighted by Crippen LogP contribution is 2.38. The van der Waals surface area contributed by atoms with E-state index in [4.69, 9.17) is 19.3 Å². The minimum absolute atomic E-state index is 0.109. The standard InChI is InChI=1S/C19H19NO6/c1-24-16-10-12(11-17(25-2)18(16)26-3)15(21)8-9-20-14-7-5-4-6-13(14)19(22)23/h4-11,20H,1-3H3,(H,22,23)/b9-8+. The van der Waals surface area contributed by atoms with Crippen LogP contribution in [-0.4, -0.2) is 38.2 Å². The summed E-state index contributed by atoms with van der Waals surface area (Å²) >= 11 is 0. The summed E-state index contributed by atoms with van der Waals surface area (Å²) in [6.07, 6.45) is 2.67. The SMILES string of the molecule is COc1cc(C(=O)/C=C/Nc2ccccc2C(=O)O)cc(OC)c1OC. The predicted octanol–water partition coefficient (Wildman–Crippen LogP) is 3.22. The molecule has 0 radical (unpaired) electrons. The maximum atomic E-state index is 12.4. The zero-order valence-corrected chi connectivity index (χ0v) is 14.6. The second-order valence-corrected chi connectivity index (χ2v) is 5.11. The predicted molar refractivity (Wildman–Crippen MR) is 96.6 cm³/mol. The number of allylic oxidation sites excluding steroid dienone is 1. The van der Waals surface area contributed by atoms with Gasteiger partial charge in [0.05, 0.1) is 32.6 Å². The van der Waals surface area contributed by atoms with E-state index < -0.39 is 5.97 Å². The van der Waals surface area contributed by atoms with Crippen LogP contribution in [0.5, 0.6) is 17.2 Å². The van der Waals surface area contributed by atoms with Crippen LogP contribution in [0.1, 0.15) is 20.7 Å². The molecular formula is C19H19NO6. The van der Waals surface area contributed by atoms with Crippen molar-refractivity contribution in [2.75, 3.05) is 26.6 Å². The van der Waals surface area contributed by atoms with E-state index >= 15 is 0 Å². The number of benzene rings is 2. The number of aromatic carboxylic acids is 1. The second-order valence-electron chi connectivity index (χ2n) is 5.11. The Bertz CT molecular complexity index is 819. The van der Waals surface area contributed by atoms with Crippen LogP contribution in [0.2, 0.25) is 0 Å². The molecule has 0 atom stereocenters. The highest BCUT2D eigenvalue weighted by atomic mass is 16.5. The van der Waals surface area contributed by atoms with Crippen molar-refractivity contribution in [1.29, 1.82) is 0 Å². The van der Waals surface area contributed by atoms with Gasteiger partial charge in [-0.15, -0.1) is 0 Å². The molecule has 7 nitrogen and oxygen atoms in total. The van der Waals surface area contributed by atoms with Crippen LogP contribution in [0, 0.1) is 0 Å². The van der Waals surface area contributed by atoms with Gasteiger partial charge in [0.2, 0.25) is 5.75 Å². The molecule has 2 aromatic carbocycles. The van der Waals surface area contributed by atoms with Gasteiger partial charge in [0.15, 0.2) is 17.3 Å². The molecule has 0 aliphatic heterocycles. The maximum absolute atomic E-state index is 12.4. The number of carbonyl (C=O) groups is 2. The van der Waals surface area contributed by atoms with E-state index in [2.05, 4.69) is 5.32 Å². The fraction of sp³-hybridized carbons (Fsp3) is 0.158. The largest absolute Gasteiger partial charge is 0.493 e. The van der Waals surface area contributed by atoms with E-state index in [-0.39, 0.29) is 11.3 Å². The van der Waals surface area contributed by atoms with Crippen LogP contribution in [0.4, 0.5) is 5.69 Å². The molecule has 2 N–H and O–H groups in total. The Hall–Kier alpha value is -3.48. The maximum Gasteiger partial charge on any atom is 0.337 e. The first-order valence-corrected chi connectivity index (χ1v) is 7.61. The van der Waals surface area contributed by atoms with Crippen LogP contribution in [0.3, 0.4) is 0 Å². The number of carboxylic acids is 1. The minimum atomic E-state index is -1.06. The Morgan fingerprint density at radius 2 is 1.62 bits per heavy atom. The van der Waals surface area contributed by atoms with Gasteiger partial charge >= 0.3 is 5.97 Å². The molecule has 2 aromatic rings. The molecule has 0 aromatic heterocycles. The van der Waals surface area contributed by atoms with Gasteiger partial charge < -0.3 is 24.6 Å². The lowest BCUT2D eigenvalue weighted by Gasteiger charge is -2.13. The van der Waals surface area contributed by atoms with E-state index in [0.29, 0.717) is 28.5 Å². The molecule has 0 spiro atoms. The van der Waals surface area contributed by atoms with E-state index in [9.17, 15) is 9.59 Å². The molecule has 0 saturated heterocycles. The lowest BCUT2D eigenvalue weighted by atomic mass is 10.1. The number of para-hydroxylation sites is 1. The van der Waals surface area contributed by atoms with Crippen LogP contribution in [-0.2, 0) is 0 Å². The van der Waals surface area contributed by atoms with Crippen LogP contribution >= 0.6 is 0 Å². The first-order valence-electron chi connectivity index (χ1n) is 7.61. The Kier molecular flexibility index (Phi) is 6.21. The molecule has 7 heteroatoms. The molecule has 0 heterocycles. The number of hydrogen-bond acceptors (Lipinski definition) is 6. The zero-order chi connectivity index (χ0) is 19.1. The summed E-state index contributed by atoms with van der Waals surface area (Å²) in [5.41, 5.74) is 0.829. The molecule has 2 rings (SSSR count). The summed E-state index contributed by atoms with van der Waals surface area (Å²) < 4.78 is 15.7. The third-order valence-electron chi connectivity index (χ3n) is 3.58. The number of anilines is 1. The number of hydrogen-bond donors (Lipinski definition) is 2. The molecule has 0 bridgehead atoms. The van der Waals surface area contributed by atoms with Crippen LogP contribution in [0.25, 0.3) is 0 Å². The van der Waals surface area contributed by atoms with Crippen molar-refractivity contribution in [2.24, 2.45) is 0 Å². The number of methoxy groups -OCH3 is 3. The smallest absolute Gasteiger partial charge is 0.337 e. The van der Waals surface area contributed by atoms with Crippen molar-refractivity contribution in [3.63, 3.8) is 0 Å². The minimum Gasteiger partial charge on any atom is -0.493 e. The summed E-state index contributed by atoms with van der Waals surface area (Å²) in [4.78, 5) is 23.6. The number of carbonyl (C=O) groups excluding carboxylic acids is 1. The quantitative estimate of drug-likeness (QED) is 0.553. The lowest BCUT2D eigenvalue weighted by Crippen LogP contribution is -2.03. The van der Waals surface area contributed by atoms with Crippen LogP contribution < -0.4 is 19.5 Å². The molecule has 0 fully saturated rings. The lowest BCUT2D eigenvalue weighted by molar-refractivity contribution is 0.0697. The number of ether oxygens (including phenoxy) is 3. The summed E-state index contributed by atoms with van der Waals surface area (Å²) in [7, 11) is 4.41. The first-order chi connectivity index (χ1) is 12.5. The average Bonchev–Trinajstić information content (AvgIpc) is 2.66. The molecule has 0 aliphatic rings. The van der Waals surface area contributed by atoms with Gasteiger partial charge in [-0.3, -0.25) is 4.79 Å². The molecular weight excluding hydrogens is 338 g/mol. The number of carboxylic acid groups (broad SMARTS) is 1. The number of ketones is 1. The van der Waals surface area contributed by atoms with Crippen molar-refractivity contribution >= 4 is 17.4 Å². The Balaban J connectivity index is 2.22. The molecule has 136 valence electrons. The normalized spacial score (nSPS) is 10.4.